The van der Waals surface area contributed by atoms with Gasteiger partial charge in [-0.15, -0.1) is 0 Å². The molecule has 3 aromatic rings. The highest BCUT2D eigenvalue weighted by atomic mass is 16.6. The maximum Gasteiger partial charge on any atom is 0.410 e. The Morgan fingerprint density at radius 3 is 2.56 bits per heavy atom. The molecule has 1 aliphatic rings. The van der Waals surface area contributed by atoms with Crippen LogP contribution in [0.4, 0.5) is 22.4 Å². The molecule has 34 heavy (non-hydrogen) atoms. The number of aliphatic hydroxyl groups is 2. The van der Waals surface area contributed by atoms with Gasteiger partial charge in [0.2, 0.25) is 5.95 Å². The third-order valence-electron chi connectivity index (χ3n) is 5.15. The summed E-state index contributed by atoms with van der Waals surface area (Å²) in [5, 5.41) is 26.9. The van der Waals surface area contributed by atoms with Gasteiger partial charge in [-0.3, -0.25) is 4.68 Å². The van der Waals surface area contributed by atoms with Gasteiger partial charge >= 0.3 is 6.09 Å². The van der Waals surface area contributed by atoms with Crippen molar-refractivity contribution in [3.05, 3.63) is 24.3 Å². The molecule has 1 aliphatic heterocycles. The van der Waals surface area contributed by atoms with Gasteiger partial charge in [-0.25, -0.2) is 19.7 Å². The summed E-state index contributed by atoms with van der Waals surface area (Å²) in [4.78, 5) is 33.6. The van der Waals surface area contributed by atoms with E-state index in [-0.39, 0.29) is 25.9 Å². The van der Waals surface area contributed by atoms with E-state index >= 15 is 0 Å². The molecule has 0 radical (unpaired) electrons. The smallest absolute Gasteiger partial charge is 0.410 e. The van der Waals surface area contributed by atoms with Crippen molar-refractivity contribution in [3.63, 3.8) is 0 Å². The zero-order valence-electron chi connectivity index (χ0n) is 19.5. The second kappa shape index (κ2) is 9.73. The quantitative estimate of drug-likeness (QED) is 0.469. The van der Waals surface area contributed by atoms with Gasteiger partial charge in [-0.05, 0) is 26.8 Å². The Hall–Kier alpha value is -3.58. The molecule has 13 heteroatoms. The third-order valence-corrected chi connectivity index (χ3v) is 5.15. The number of piperazine rings is 1. The molecule has 0 saturated carbocycles. The summed E-state index contributed by atoms with van der Waals surface area (Å²) in [6, 6.07) is 1.70. The Morgan fingerprint density at radius 1 is 1.18 bits per heavy atom. The molecule has 0 bridgehead atoms. The molecule has 4 rings (SSSR count). The Bertz CT molecular complexity index is 1140. The maximum absolute atomic E-state index is 12.4. The van der Waals surface area contributed by atoms with Crippen molar-refractivity contribution in [2.75, 3.05) is 43.0 Å². The number of carbonyl (C=O) groups is 1. The van der Waals surface area contributed by atoms with Crippen molar-refractivity contribution in [1.29, 1.82) is 0 Å². The van der Waals surface area contributed by atoms with Crippen molar-refractivity contribution in [2.24, 2.45) is 0 Å². The fourth-order valence-electron chi connectivity index (χ4n) is 3.62. The van der Waals surface area contributed by atoms with E-state index in [1.807, 2.05) is 25.7 Å². The van der Waals surface area contributed by atoms with Gasteiger partial charge in [0.1, 0.15) is 34.5 Å². The van der Waals surface area contributed by atoms with E-state index < -0.39 is 5.60 Å². The molecule has 0 unspecified atom stereocenters. The lowest BCUT2D eigenvalue weighted by Crippen LogP contribution is -2.50. The van der Waals surface area contributed by atoms with Crippen LogP contribution in [0, 0.1) is 0 Å². The molecule has 0 atom stereocenters. The van der Waals surface area contributed by atoms with Gasteiger partial charge in [0.15, 0.2) is 5.82 Å². The van der Waals surface area contributed by atoms with Crippen LogP contribution in [0.25, 0.3) is 11.0 Å². The summed E-state index contributed by atoms with van der Waals surface area (Å²) in [6.45, 7) is 7.22. The number of fused-ring (bicyclic) bond motifs is 1. The van der Waals surface area contributed by atoms with Crippen LogP contribution in [0.15, 0.2) is 18.6 Å². The second-order valence-electron chi connectivity index (χ2n) is 8.80. The van der Waals surface area contributed by atoms with Crippen molar-refractivity contribution in [2.45, 2.75) is 39.5 Å². The van der Waals surface area contributed by atoms with Crippen molar-refractivity contribution in [1.82, 2.24) is 34.6 Å². The van der Waals surface area contributed by atoms with Crippen LogP contribution in [-0.4, -0.2) is 89.3 Å². The molecule has 13 nitrogen and oxygen atoms in total. The minimum absolute atomic E-state index is 0.136. The lowest BCUT2D eigenvalue weighted by Gasteiger charge is -2.35. The van der Waals surface area contributed by atoms with Gasteiger partial charge in [0.05, 0.1) is 19.8 Å². The SMILES string of the molecule is CC(C)(C)OC(=O)N1CCN(c2nc(Nc3ccncn3)c3c(n2)c(CO)nn3CCO)CC1. The lowest BCUT2D eigenvalue weighted by atomic mass is 10.2. The summed E-state index contributed by atoms with van der Waals surface area (Å²) in [5.74, 6) is 1.40. The number of aromatic nitrogens is 6. The summed E-state index contributed by atoms with van der Waals surface area (Å²) >= 11 is 0. The Morgan fingerprint density at radius 2 is 1.94 bits per heavy atom. The number of amides is 1. The van der Waals surface area contributed by atoms with Crippen LogP contribution in [-0.2, 0) is 17.9 Å². The highest BCUT2D eigenvalue weighted by Crippen LogP contribution is 2.29. The Kier molecular flexibility index (Phi) is 6.75. The van der Waals surface area contributed by atoms with Gasteiger partial charge < -0.3 is 30.1 Å². The normalized spacial score (nSPS) is 14.5. The number of hydrogen-bond donors (Lipinski definition) is 3. The predicted octanol–water partition coefficient (Wildman–Crippen LogP) is 0.902. The van der Waals surface area contributed by atoms with Gasteiger partial charge in [-0.2, -0.15) is 10.1 Å². The van der Waals surface area contributed by atoms with E-state index in [0.29, 0.717) is 60.5 Å². The number of anilines is 3. The average molecular weight is 472 g/mol. The molecule has 3 aromatic heterocycles. The summed E-state index contributed by atoms with van der Waals surface area (Å²) in [5.41, 5.74) is 0.851. The molecule has 4 heterocycles. The number of ether oxygens (including phenoxy) is 1. The highest BCUT2D eigenvalue weighted by Gasteiger charge is 2.28. The van der Waals surface area contributed by atoms with Crippen LogP contribution in [0.3, 0.4) is 0 Å². The molecule has 1 amide bonds. The zero-order chi connectivity index (χ0) is 24.3. The van der Waals surface area contributed by atoms with E-state index in [9.17, 15) is 15.0 Å². The van der Waals surface area contributed by atoms with E-state index in [4.69, 9.17) is 9.72 Å². The average Bonchev–Trinajstić information content (AvgIpc) is 3.17. The standard InChI is InChI=1S/C21H29N9O4/c1-21(2,3)34-20(33)29-8-6-28(7-9-29)19-25-16-14(12-32)27-30(10-11-31)17(16)18(26-19)24-15-4-5-22-13-23-15/h4-5,13,31-32H,6-12H2,1-3H3,(H,22,23,24,25,26). The fourth-order valence-corrected chi connectivity index (χ4v) is 3.62. The molecule has 0 aromatic carbocycles. The number of hydrogen-bond acceptors (Lipinski definition) is 11. The van der Waals surface area contributed by atoms with Crippen molar-refractivity contribution in [3.8, 4) is 0 Å². The van der Waals surface area contributed by atoms with E-state index in [1.54, 1.807) is 21.8 Å². The van der Waals surface area contributed by atoms with Crippen LogP contribution >= 0.6 is 0 Å². The minimum atomic E-state index is -0.556. The molecule has 3 N–H and O–H groups in total. The summed E-state index contributed by atoms with van der Waals surface area (Å²) in [7, 11) is 0. The molecule has 0 aliphatic carbocycles. The van der Waals surface area contributed by atoms with Crippen LogP contribution in [0.1, 0.15) is 26.5 Å². The Labute approximate surface area is 196 Å². The lowest BCUT2D eigenvalue weighted by molar-refractivity contribution is 0.0240. The second-order valence-corrected chi connectivity index (χ2v) is 8.80. The molecule has 182 valence electrons. The summed E-state index contributed by atoms with van der Waals surface area (Å²) in [6.07, 6.45) is 2.68. The molecule has 1 saturated heterocycles. The van der Waals surface area contributed by atoms with Crippen molar-refractivity contribution >= 4 is 34.7 Å². The topological polar surface area (TPSA) is 155 Å². The largest absolute Gasteiger partial charge is 0.444 e. The number of nitrogens with one attached hydrogen (secondary N) is 1. The molecule has 1 fully saturated rings. The van der Waals surface area contributed by atoms with Crippen LogP contribution < -0.4 is 10.2 Å². The fraction of sp³-hybridized carbons (Fsp3) is 0.524. The van der Waals surface area contributed by atoms with Crippen molar-refractivity contribution < 1.29 is 19.7 Å². The first-order valence-electron chi connectivity index (χ1n) is 11.0. The maximum atomic E-state index is 12.4. The molecular weight excluding hydrogens is 442 g/mol. The first-order chi connectivity index (χ1) is 16.3. The molecular formula is C21H29N9O4. The van der Waals surface area contributed by atoms with Gasteiger partial charge in [0.25, 0.3) is 0 Å². The molecule has 0 spiro atoms. The van der Waals surface area contributed by atoms with E-state index in [1.165, 1.54) is 6.33 Å². The number of rotatable bonds is 6. The monoisotopic (exact) mass is 471 g/mol. The zero-order valence-corrected chi connectivity index (χ0v) is 19.5. The Balaban J connectivity index is 1.65. The van der Waals surface area contributed by atoms with Crippen LogP contribution in [0.2, 0.25) is 0 Å². The predicted molar refractivity (Wildman–Crippen MR) is 124 cm³/mol. The summed E-state index contributed by atoms with van der Waals surface area (Å²) < 4.78 is 7.04. The number of nitrogens with zero attached hydrogens (tertiary/aromatic N) is 8. The van der Waals surface area contributed by atoms with E-state index in [2.05, 4.69) is 25.4 Å². The van der Waals surface area contributed by atoms with Gasteiger partial charge in [0, 0.05) is 32.4 Å². The highest BCUT2D eigenvalue weighted by molar-refractivity contribution is 5.90. The minimum Gasteiger partial charge on any atom is -0.444 e. The number of carbonyl (C=O) groups excluding carboxylic acids is 1. The third kappa shape index (κ3) is 5.15. The first-order valence-corrected chi connectivity index (χ1v) is 11.0. The van der Waals surface area contributed by atoms with E-state index in [0.717, 1.165) is 0 Å². The van der Waals surface area contributed by atoms with Gasteiger partial charge in [-0.1, -0.05) is 0 Å². The van der Waals surface area contributed by atoms with Crippen LogP contribution in [0.5, 0.6) is 0 Å². The number of aliphatic hydroxyl groups excluding tert-OH is 2. The first kappa shape index (κ1) is 23.6.